The maximum atomic E-state index is 13.1. The number of nitrogens with zero attached hydrogens (tertiary/aromatic N) is 5. The Hall–Kier alpha value is -2.47. The van der Waals surface area contributed by atoms with E-state index in [1.165, 1.54) is 11.1 Å². The van der Waals surface area contributed by atoms with E-state index in [9.17, 15) is 4.79 Å². The van der Waals surface area contributed by atoms with Crippen molar-refractivity contribution in [3.8, 4) is 0 Å². The maximum absolute atomic E-state index is 13.1. The van der Waals surface area contributed by atoms with Crippen LogP contribution < -0.4 is 4.90 Å². The molecule has 0 unspecified atom stereocenters. The number of carbonyl (C=O) groups is 1. The van der Waals surface area contributed by atoms with E-state index >= 15 is 0 Å². The highest BCUT2D eigenvalue weighted by Crippen LogP contribution is 2.46. The number of hydrogen-bond donors (Lipinski definition) is 0. The highest BCUT2D eigenvalue weighted by molar-refractivity contribution is 5.79. The first kappa shape index (κ1) is 20.8. The molecule has 3 heterocycles. The van der Waals surface area contributed by atoms with Gasteiger partial charge in [-0.25, -0.2) is 9.97 Å². The number of aromatic nitrogens is 2. The summed E-state index contributed by atoms with van der Waals surface area (Å²) in [5.74, 6) is 2.25. The number of carbonyl (C=O) groups excluding carboxylic acids is 1. The van der Waals surface area contributed by atoms with Crippen molar-refractivity contribution in [1.29, 1.82) is 0 Å². The van der Waals surface area contributed by atoms with Crippen molar-refractivity contribution in [3.63, 3.8) is 0 Å². The molecule has 2 aliphatic rings. The molecular formula is C24H33N5O. The van der Waals surface area contributed by atoms with Gasteiger partial charge in [-0.05, 0) is 44.1 Å². The number of hydrogen-bond acceptors (Lipinski definition) is 5. The van der Waals surface area contributed by atoms with E-state index < -0.39 is 0 Å². The van der Waals surface area contributed by atoms with E-state index in [2.05, 4.69) is 59.8 Å². The van der Waals surface area contributed by atoms with E-state index in [0.29, 0.717) is 24.3 Å². The van der Waals surface area contributed by atoms with Crippen molar-refractivity contribution in [2.24, 2.45) is 11.8 Å². The lowest BCUT2D eigenvalue weighted by molar-refractivity contribution is -0.133. The summed E-state index contributed by atoms with van der Waals surface area (Å²) >= 11 is 0. The molecule has 2 aliphatic heterocycles. The van der Waals surface area contributed by atoms with E-state index in [-0.39, 0.29) is 11.9 Å². The zero-order chi connectivity index (χ0) is 21.4. The largest absolute Gasteiger partial charge is 0.340 e. The molecule has 2 aromatic rings. The number of aryl methyl sites for hydroxylation is 1. The summed E-state index contributed by atoms with van der Waals surface area (Å²) in [6.07, 6.45) is 1.87. The van der Waals surface area contributed by atoms with Crippen LogP contribution in [0.25, 0.3) is 0 Å². The van der Waals surface area contributed by atoms with Crippen LogP contribution in [0.3, 0.4) is 0 Å². The topological polar surface area (TPSA) is 52.6 Å². The number of likely N-dealkylation sites (N-methyl/N-ethyl adjacent to an activating group) is 1. The van der Waals surface area contributed by atoms with E-state index in [4.69, 9.17) is 4.98 Å². The van der Waals surface area contributed by atoms with Crippen LogP contribution in [0.4, 0.5) is 5.95 Å². The SMILES string of the molecule is Cc1ccccc1[C@H]1[C@@H]2CN(c3nccc(C(C)C)n3)C[C@@H]2CN1C(=O)CN(C)C. The van der Waals surface area contributed by atoms with Gasteiger partial charge in [0.15, 0.2) is 0 Å². The van der Waals surface area contributed by atoms with Gasteiger partial charge in [0, 0.05) is 43.4 Å². The smallest absolute Gasteiger partial charge is 0.237 e. The highest BCUT2D eigenvalue weighted by Gasteiger charge is 2.49. The number of amides is 1. The molecule has 0 radical (unpaired) electrons. The van der Waals surface area contributed by atoms with Crippen LogP contribution in [0.1, 0.15) is 42.6 Å². The van der Waals surface area contributed by atoms with Crippen LogP contribution in [0.5, 0.6) is 0 Å². The third-order valence-electron chi connectivity index (χ3n) is 6.48. The minimum atomic E-state index is 0.113. The Morgan fingerprint density at radius 3 is 2.63 bits per heavy atom. The van der Waals surface area contributed by atoms with Gasteiger partial charge in [-0.2, -0.15) is 0 Å². The number of rotatable bonds is 5. The molecule has 0 bridgehead atoms. The summed E-state index contributed by atoms with van der Waals surface area (Å²) in [7, 11) is 3.91. The molecule has 4 rings (SSSR count). The highest BCUT2D eigenvalue weighted by atomic mass is 16.2. The van der Waals surface area contributed by atoms with Crippen molar-refractivity contribution in [2.45, 2.75) is 32.7 Å². The summed E-state index contributed by atoms with van der Waals surface area (Å²) in [5, 5.41) is 0. The molecule has 3 atom stereocenters. The molecular weight excluding hydrogens is 374 g/mol. The molecule has 1 aromatic heterocycles. The quantitative estimate of drug-likeness (QED) is 0.762. The summed E-state index contributed by atoms with van der Waals surface area (Å²) in [4.78, 5) is 28.9. The zero-order valence-corrected chi connectivity index (χ0v) is 18.7. The van der Waals surface area contributed by atoms with Gasteiger partial charge in [0.2, 0.25) is 11.9 Å². The summed E-state index contributed by atoms with van der Waals surface area (Å²) in [6, 6.07) is 10.6. The Morgan fingerprint density at radius 2 is 1.93 bits per heavy atom. The third-order valence-corrected chi connectivity index (χ3v) is 6.48. The van der Waals surface area contributed by atoms with Gasteiger partial charge in [-0.15, -0.1) is 0 Å². The maximum Gasteiger partial charge on any atom is 0.237 e. The van der Waals surface area contributed by atoms with Crippen molar-refractivity contribution < 1.29 is 4.79 Å². The third kappa shape index (κ3) is 3.93. The first-order valence-electron chi connectivity index (χ1n) is 10.9. The average molecular weight is 408 g/mol. The van der Waals surface area contributed by atoms with Crippen LogP contribution in [0.2, 0.25) is 0 Å². The van der Waals surface area contributed by atoms with E-state index in [1.807, 2.05) is 31.3 Å². The Balaban J connectivity index is 1.63. The molecule has 2 saturated heterocycles. The molecule has 1 amide bonds. The molecule has 30 heavy (non-hydrogen) atoms. The van der Waals surface area contributed by atoms with Crippen molar-refractivity contribution >= 4 is 11.9 Å². The Labute approximate surface area is 179 Å². The molecule has 1 aromatic carbocycles. The van der Waals surface area contributed by atoms with Gasteiger partial charge >= 0.3 is 0 Å². The summed E-state index contributed by atoms with van der Waals surface area (Å²) in [6.45, 7) is 9.51. The molecule has 6 nitrogen and oxygen atoms in total. The van der Waals surface area contributed by atoms with E-state index in [1.54, 1.807) is 0 Å². The first-order chi connectivity index (χ1) is 14.3. The standard InChI is InChI=1S/C24H33N5O/c1-16(2)21-10-11-25-24(26-21)28-12-18-13-29(22(30)15-27(4)5)23(20(18)14-28)19-9-7-6-8-17(19)3/h6-11,16,18,20,23H,12-15H2,1-5H3/t18-,20-,23+/m1/s1. The lowest BCUT2D eigenvalue weighted by Gasteiger charge is -2.31. The lowest BCUT2D eigenvalue weighted by Crippen LogP contribution is -2.40. The Bertz CT molecular complexity index is 912. The van der Waals surface area contributed by atoms with Gasteiger partial charge in [0.05, 0.1) is 12.6 Å². The number of likely N-dealkylation sites (tertiary alicyclic amines) is 1. The zero-order valence-electron chi connectivity index (χ0n) is 18.7. The summed E-state index contributed by atoms with van der Waals surface area (Å²) < 4.78 is 0. The minimum absolute atomic E-state index is 0.113. The summed E-state index contributed by atoms with van der Waals surface area (Å²) in [5.41, 5.74) is 3.61. The average Bonchev–Trinajstić information content (AvgIpc) is 3.26. The van der Waals surface area contributed by atoms with Crippen molar-refractivity contribution in [3.05, 3.63) is 53.3 Å². The first-order valence-corrected chi connectivity index (χ1v) is 10.9. The second-order valence-corrected chi connectivity index (χ2v) is 9.35. The molecule has 0 aliphatic carbocycles. The molecule has 0 N–H and O–H groups in total. The fourth-order valence-corrected chi connectivity index (χ4v) is 4.98. The Kier molecular flexibility index (Phi) is 5.78. The molecule has 0 saturated carbocycles. The number of benzene rings is 1. The van der Waals surface area contributed by atoms with Gasteiger partial charge in [0.25, 0.3) is 0 Å². The molecule has 6 heteroatoms. The normalized spacial score (nSPS) is 23.5. The number of anilines is 1. The van der Waals surface area contributed by atoms with Crippen LogP contribution in [-0.4, -0.2) is 65.9 Å². The minimum Gasteiger partial charge on any atom is -0.340 e. The second-order valence-electron chi connectivity index (χ2n) is 9.35. The number of fused-ring (bicyclic) bond motifs is 1. The monoisotopic (exact) mass is 407 g/mol. The van der Waals surface area contributed by atoms with E-state index in [0.717, 1.165) is 31.3 Å². The van der Waals surface area contributed by atoms with Crippen LogP contribution in [0, 0.1) is 18.8 Å². The Morgan fingerprint density at radius 1 is 1.17 bits per heavy atom. The van der Waals surface area contributed by atoms with Crippen LogP contribution >= 0.6 is 0 Å². The molecule has 2 fully saturated rings. The van der Waals surface area contributed by atoms with Crippen LogP contribution in [0.15, 0.2) is 36.5 Å². The van der Waals surface area contributed by atoms with Gasteiger partial charge in [0.1, 0.15) is 0 Å². The fraction of sp³-hybridized carbons (Fsp3) is 0.542. The van der Waals surface area contributed by atoms with Gasteiger partial charge < -0.3 is 14.7 Å². The van der Waals surface area contributed by atoms with Gasteiger partial charge in [-0.3, -0.25) is 4.79 Å². The van der Waals surface area contributed by atoms with Crippen LogP contribution in [-0.2, 0) is 4.79 Å². The lowest BCUT2D eigenvalue weighted by atomic mass is 9.87. The predicted octanol–water partition coefficient (Wildman–Crippen LogP) is 3.11. The van der Waals surface area contributed by atoms with Crippen molar-refractivity contribution in [1.82, 2.24) is 19.8 Å². The van der Waals surface area contributed by atoms with Gasteiger partial charge in [-0.1, -0.05) is 38.1 Å². The predicted molar refractivity (Wildman–Crippen MR) is 120 cm³/mol. The fourth-order valence-electron chi connectivity index (χ4n) is 4.98. The second kappa shape index (κ2) is 8.34. The molecule has 0 spiro atoms. The molecule has 160 valence electrons. The van der Waals surface area contributed by atoms with Crippen molar-refractivity contribution in [2.75, 3.05) is 45.2 Å².